The van der Waals surface area contributed by atoms with E-state index in [0.29, 0.717) is 12.1 Å². The maximum Gasteiger partial charge on any atom is 0.254 e. The predicted molar refractivity (Wildman–Crippen MR) is 113 cm³/mol. The van der Waals surface area contributed by atoms with E-state index in [-0.39, 0.29) is 5.91 Å². The van der Waals surface area contributed by atoms with Crippen LogP contribution in [0.4, 0.5) is 0 Å². The molecular formula is C24H22N2O3. The first-order valence-electron chi connectivity index (χ1n) is 9.40. The minimum absolute atomic E-state index is 0.0765. The van der Waals surface area contributed by atoms with Gasteiger partial charge < -0.3 is 14.1 Å². The second-order valence-electron chi connectivity index (χ2n) is 6.97. The highest BCUT2D eigenvalue weighted by atomic mass is 16.5. The van der Waals surface area contributed by atoms with Crippen molar-refractivity contribution < 1.29 is 13.9 Å². The van der Waals surface area contributed by atoms with Crippen molar-refractivity contribution in [2.75, 3.05) is 14.2 Å². The summed E-state index contributed by atoms with van der Waals surface area (Å²) in [5, 5.41) is 0.831. The number of pyridine rings is 1. The molecule has 0 atom stereocenters. The highest BCUT2D eigenvalue weighted by molar-refractivity contribution is 6.07. The average molecular weight is 386 g/mol. The molecule has 0 fully saturated rings. The normalized spacial score (nSPS) is 10.9. The summed E-state index contributed by atoms with van der Waals surface area (Å²) in [6, 6.07) is 21.0. The molecule has 4 rings (SSSR count). The molecule has 0 spiro atoms. The van der Waals surface area contributed by atoms with Crippen LogP contribution in [0.1, 0.15) is 21.9 Å². The highest BCUT2D eigenvalue weighted by Crippen LogP contribution is 2.27. The molecule has 1 amide bonds. The van der Waals surface area contributed by atoms with E-state index in [0.717, 1.165) is 39.4 Å². The molecular weight excluding hydrogens is 364 g/mol. The van der Waals surface area contributed by atoms with Crippen LogP contribution in [0.5, 0.6) is 5.75 Å². The quantitative estimate of drug-likeness (QED) is 0.480. The van der Waals surface area contributed by atoms with Gasteiger partial charge in [-0.2, -0.15) is 0 Å². The zero-order chi connectivity index (χ0) is 20.4. The van der Waals surface area contributed by atoms with Gasteiger partial charge in [-0.15, -0.1) is 0 Å². The number of rotatable bonds is 5. The minimum Gasteiger partial charge on any atom is -0.497 e. The number of aromatic nitrogens is 1. The summed E-state index contributed by atoms with van der Waals surface area (Å²) in [5.41, 5.74) is 3.07. The van der Waals surface area contributed by atoms with Gasteiger partial charge in [0.15, 0.2) is 0 Å². The number of hydrogen-bond acceptors (Lipinski definition) is 4. The third-order valence-corrected chi connectivity index (χ3v) is 4.87. The molecule has 0 aliphatic carbocycles. The molecule has 0 saturated heterocycles. The Morgan fingerprint density at radius 2 is 1.83 bits per heavy atom. The number of nitrogens with zero attached hydrogens (tertiary/aromatic N) is 2. The number of para-hydroxylation sites is 1. The Morgan fingerprint density at radius 1 is 1.07 bits per heavy atom. The van der Waals surface area contributed by atoms with Gasteiger partial charge in [-0.25, -0.2) is 4.98 Å². The Hall–Kier alpha value is -3.60. The van der Waals surface area contributed by atoms with Crippen LogP contribution in [0.25, 0.3) is 22.2 Å². The van der Waals surface area contributed by atoms with Gasteiger partial charge in [-0.3, -0.25) is 4.79 Å². The molecule has 0 radical (unpaired) electrons. The number of hydrogen-bond donors (Lipinski definition) is 0. The van der Waals surface area contributed by atoms with Crippen LogP contribution >= 0.6 is 0 Å². The van der Waals surface area contributed by atoms with Crippen LogP contribution in [-0.4, -0.2) is 29.9 Å². The fourth-order valence-electron chi connectivity index (χ4n) is 3.34. The Bertz CT molecular complexity index is 1160. The molecule has 2 aromatic carbocycles. The minimum atomic E-state index is -0.0765. The Balaban J connectivity index is 1.74. The van der Waals surface area contributed by atoms with Crippen molar-refractivity contribution in [3.8, 4) is 17.0 Å². The van der Waals surface area contributed by atoms with E-state index in [1.54, 1.807) is 19.1 Å². The number of furan rings is 1. The van der Waals surface area contributed by atoms with Crippen LogP contribution in [0.2, 0.25) is 0 Å². The molecule has 146 valence electrons. The number of carbonyl (C=O) groups excluding carboxylic acids is 1. The zero-order valence-corrected chi connectivity index (χ0v) is 16.7. The fourth-order valence-corrected chi connectivity index (χ4v) is 3.34. The molecule has 0 saturated carbocycles. The van der Waals surface area contributed by atoms with Crippen molar-refractivity contribution in [1.29, 1.82) is 0 Å². The molecule has 0 aliphatic heterocycles. The lowest BCUT2D eigenvalue weighted by Crippen LogP contribution is -2.26. The van der Waals surface area contributed by atoms with Gasteiger partial charge in [0.05, 0.1) is 30.4 Å². The number of benzene rings is 2. The van der Waals surface area contributed by atoms with Crippen molar-refractivity contribution in [3.05, 3.63) is 83.8 Å². The summed E-state index contributed by atoms with van der Waals surface area (Å²) in [5.74, 6) is 2.29. The summed E-state index contributed by atoms with van der Waals surface area (Å²) >= 11 is 0. The molecule has 2 aromatic heterocycles. The van der Waals surface area contributed by atoms with E-state index < -0.39 is 0 Å². The molecule has 4 aromatic rings. The molecule has 0 aliphatic rings. The second kappa shape index (κ2) is 7.80. The number of methoxy groups -OCH3 is 1. The molecule has 2 heterocycles. The second-order valence-corrected chi connectivity index (χ2v) is 6.97. The Kier molecular flexibility index (Phi) is 5.04. The maximum atomic E-state index is 13.3. The molecule has 5 heteroatoms. The monoisotopic (exact) mass is 386 g/mol. The molecule has 0 unspecified atom stereocenters. The van der Waals surface area contributed by atoms with E-state index in [1.807, 2.05) is 73.7 Å². The predicted octanol–water partition coefficient (Wildman–Crippen LogP) is 5.08. The lowest BCUT2D eigenvalue weighted by atomic mass is 10.0. The first-order valence-corrected chi connectivity index (χ1v) is 9.40. The largest absolute Gasteiger partial charge is 0.497 e. The summed E-state index contributed by atoms with van der Waals surface area (Å²) in [6.07, 6.45) is 0. The van der Waals surface area contributed by atoms with Crippen LogP contribution in [0.3, 0.4) is 0 Å². The summed E-state index contributed by atoms with van der Waals surface area (Å²) in [6.45, 7) is 2.30. The molecule has 5 nitrogen and oxygen atoms in total. The van der Waals surface area contributed by atoms with Crippen LogP contribution in [0, 0.1) is 6.92 Å². The third-order valence-electron chi connectivity index (χ3n) is 4.87. The van der Waals surface area contributed by atoms with E-state index in [4.69, 9.17) is 14.1 Å². The summed E-state index contributed by atoms with van der Waals surface area (Å²) in [7, 11) is 3.42. The Labute approximate surface area is 169 Å². The van der Waals surface area contributed by atoms with Gasteiger partial charge >= 0.3 is 0 Å². The van der Waals surface area contributed by atoms with Gasteiger partial charge in [0.25, 0.3) is 5.91 Å². The fraction of sp³-hybridized carbons (Fsp3) is 0.167. The van der Waals surface area contributed by atoms with Gasteiger partial charge in [0, 0.05) is 18.0 Å². The first-order chi connectivity index (χ1) is 14.0. The Morgan fingerprint density at radius 3 is 2.52 bits per heavy atom. The van der Waals surface area contributed by atoms with Gasteiger partial charge in [-0.05, 0) is 55.5 Å². The van der Waals surface area contributed by atoms with Gasteiger partial charge in [0.2, 0.25) is 0 Å². The van der Waals surface area contributed by atoms with Crippen LogP contribution < -0.4 is 4.74 Å². The van der Waals surface area contributed by atoms with E-state index >= 15 is 0 Å². The molecule has 0 N–H and O–H groups in total. The topological polar surface area (TPSA) is 55.6 Å². The number of amides is 1. The van der Waals surface area contributed by atoms with Crippen molar-refractivity contribution in [2.24, 2.45) is 0 Å². The van der Waals surface area contributed by atoms with Gasteiger partial charge in [-0.1, -0.05) is 18.2 Å². The highest BCUT2D eigenvalue weighted by Gasteiger charge is 2.18. The van der Waals surface area contributed by atoms with Crippen molar-refractivity contribution >= 4 is 16.8 Å². The zero-order valence-electron chi connectivity index (χ0n) is 16.7. The smallest absolute Gasteiger partial charge is 0.254 e. The average Bonchev–Trinajstić information content (AvgIpc) is 3.16. The SMILES string of the molecule is COc1ccc(-c2cc(C(=O)N(C)Cc3ccc(C)o3)c3ccccc3n2)cc1. The first kappa shape index (κ1) is 18.7. The number of ether oxygens (including phenoxy) is 1. The number of carbonyl (C=O) groups is 1. The number of fused-ring (bicyclic) bond motifs is 1. The summed E-state index contributed by atoms with van der Waals surface area (Å²) in [4.78, 5) is 19.7. The maximum absolute atomic E-state index is 13.3. The standard InChI is InChI=1S/C24H22N2O3/c1-16-8-11-19(29-16)15-26(2)24(27)21-14-23(17-9-12-18(28-3)13-10-17)25-22-7-5-4-6-20(21)22/h4-14H,15H2,1-3H3. The van der Waals surface area contributed by atoms with E-state index in [2.05, 4.69) is 0 Å². The molecule has 29 heavy (non-hydrogen) atoms. The summed E-state index contributed by atoms with van der Waals surface area (Å²) < 4.78 is 10.9. The molecule has 0 bridgehead atoms. The van der Waals surface area contributed by atoms with Crippen molar-refractivity contribution in [2.45, 2.75) is 13.5 Å². The van der Waals surface area contributed by atoms with E-state index in [1.165, 1.54) is 0 Å². The van der Waals surface area contributed by atoms with Crippen LogP contribution in [0.15, 0.2) is 71.1 Å². The number of aryl methyl sites for hydroxylation is 1. The van der Waals surface area contributed by atoms with Crippen molar-refractivity contribution in [1.82, 2.24) is 9.88 Å². The lowest BCUT2D eigenvalue weighted by molar-refractivity contribution is 0.0777. The van der Waals surface area contributed by atoms with E-state index in [9.17, 15) is 4.79 Å². The van der Waals surface area contributed by atoms with Crippen LogP contribution in [-0.2, 0) is 6.54 Å². The van der Waals surface area contributed by atoms with Gasteiger partial charge in [0.1, 0.15) is 17.3 Å². The van der Waals surface area contributed by atoms with Crippen molar-refractivity contribution in [3.63, 3.8) is 0 Å². The third kappa shape index (κ3) is 3.85. The lowest BCUT2D eigenvalue weighted by Gasteiger charge is -2.18.